The second-order valence-electron chi connectivity index (χ2n) is 5.17. The number of methoxy groups -OCH3 is 1. The second-order valence-corrected chi connectivity index (χ2v) is 5.96. The van der Waals surface area contributed by atoms with Gasteiger partial charge in [-0.2, -0.15) is 0 Å². The third-order valence-electron chi connectivity index (χ3n) is 3.39. The summed E-state index contributed by atoms with van der Waals surface area (Å²) in [6.07, 6.45) is 1.92. The van der Waals surface area contributed by atoms with Gasteiger partial charge in [0.1, 0.15) is 23.7 Å². The Bertz CT molecular complexity index is 643. The Morgan fingerprint density at radius 1 is 1.04 bits per heavy atom. The largest absolute Gasteiger partial charge is 0.493 e. The van der Waals surface area contributed by atoms with E-state index in [1.165, 1.54) is 7.11 Å². The monoisotopic (exact) mass is 392 g/mol. The first-order valence-electron chi connectivity index (χ1n) is 7.82. The normalized spacial score (nSPS) is 10.2. The van der Waals surface area contributed by atoms with Gasteiger partial charge in [0.2, 0.25) is 0 Å². The molecule has 2 aromatic rings. The molecule has 0 aliphatic carbocycles. The molecule has 0 radical (unpaired) electrons. The van der Waals surface area contributed by atoms with E-state index < -0.39 is 5.97 Å². The molecule has 0 heterocycles. The lowest BCUT2D eigenvalue weighted by molar-refractivity contribution is 0.0596. The number of hydrogen-bond donors (Lipinski definition) is 0. The van der Waals surface area contributed by atoms with Crippen molar-refractivity contribution >= 4 is 21.9 Å². The quantitative estimate of drug-likeness (QED) is 0.355. The van der Waals surface area contributed by atoms with Gasteiger partial charge in [0.05, 0.1) is 13.7 Å². The predicted octanol–water partition coefficient (Wildman–Crippen LogP) is 4.61. The first-order valence-corrected chi connectivity index (χ1v) is 8.94. The Kier molecular flexibility index (Phi) is 7.62. The van der Waals surface area contributed by atoms with Crippen LogP contribution in [0, 0.1) is 0 Å². The highest BCUT2D eigenvalue weighted by Crippen LogP contribution is 2.26. The lowest BCUT2D eigenvalue weighted by Crippen LogP contribution is -2.07. The van der Waals surface area contributed by atoms with Crippen molar-refractivity contribution in [3.05, 3.63) is 59.7 Å². The topological polar surface area (TPSA) is 44.8 Å². The van der Waals surface area contributed by atoms with Gasteiger partial charge in [-0.3, -0.25) is 0 Å². The summed E-state index contributed by atoms with van der Waals surface area (Å²) in [5.41, 5.74) is 1.48. The SMILES string of the molecule is COC(=O)c1ccc(OCc2ccccc2)cc1OCCCCBr. The molecule has 2 rings (SSSR count). The van der Waals surface area contributed by atoms with E-state index in [-0.39, 0.29) is 0 Å². The fourth-order valence-electron chi connectivity index (χ4n) is 2.11. The van der Waals surface area contributed by atoms with Gasteiger partial charge in [-0.1, -0.05) is 46.3 Å². The average Bonchev–Trinajstić information content (AvgIpc) is 2.64. The van der Waals surface area contributed by atoms with Crippen LogP contribution in [0.15, 0.2) is 48.5 Å². The lowest BCUT2D eigenvalue weighted by Gasteiger charge is -2.13. The fraction of sp³-hybridized carbons (Fsp3) is 0.316. The summed E-state index contributed by atoms with van der Waals surface area (Å²) in [5.74, 6) is 0.726. The van der Waals surface area contributed by atoms with Crippen molar-refractivity contribution in [2.45, 2.75) is 19.4 Å². The molecule has 0 saturated heterocycles. The zero-order chi connectivity index (χ0) is 17.2. The summed E-state index contributed by atoms with van der Waals surface area (Å²) in [4.78, 5) is 11.9. The van der Waals surface area contributed by atoms with E-state index in [1.807, 2.05) is 30.3 Å². The molecule has 0 aliphatic rings. The molecule has 0 aliphatic heterocycles. The number of esters is 1. The minimum atomic E-state index is -0.417. The van der Waals surface area contributed by atoms with Crippen LogP contribution in [0.4, 0.5) is 0 Å². The van der Waals surface area contributed by atoms with Crippen molar-refractivity contribution in [1.29, 1.82) is 0 Å². The Morgan fingerprint density at radius 2 is 1.83 bits per heavy atom. The van der Waals surface area contributed by atoms with Crippen LogP contribution in [0.25, 0.3) is 0 Å². The van der Waals surface area contributed by atoms with Crippen molar-refractivity contribution in [3.63, 3.8) is 0 Å². The number of carbonyl (C=O) groups excluding carboxylic acids is 1. The molecule has 0 fully saturated rings. The number of alkyl halides is 1. The summed E-state index contributed by atoms with van der Waals surface area (Å²) in [7, 11) is 1.36. The number of carbonyl (C=O) groups is 1. The van der Waals surface area contributed by atoms with Gasteiger partial charge in [0.15, 0.2) is 0 Å². The molecule has 24 heavy (non-hydrogen) atoms. The Morgan fingerprint density at radius 3 is 2.54 bits per heavy atom. The van der Waals surface area contributed by atoms with Crippen LogP contribution in [0.1, 0.15) is 28.8 Å². The predicted molar refractivity (Wildman–Crippen MR) is 97.1 cm³/mol. The average molecular weight is 393 g/mol. The molecule has 4 nitrogen and oxygen atoms in total. The number of ether oxygens (including phenoxy) is 3. The Hall–Kier alpha value is -2.01. The molecule has 5 heteroatoms. The molecule has 0 atom stereocenters. The minimum Gasteiger partial charge on any atom is -0.493 e. The van der Waals surface area contributed by atoms with Crippen LogP contribution in [-0.4, -0.2) is 25.0 Å². The highest BCUT2D eigenvalue weighted by atomic mass is 79.9. The maximum atomic E-state index is 11.9. The van der Waals surface area contributed by atoms with Gasteiger partial charge in [0.25, 0.3) is 0 Å². The summed E-state index contributed by atoms with van der Waals surface area (Å²) in [6, 6.07) is 15.1. The first-order chi connectivity index (χ1) is 11.7. The van der Waals surface area contributed by atoms with Gasteiger partial charge in [-0.05, 0) is 30.5 Å². The molecule has 2 aromatic carbocycles. The number of benzene rings is 2. The van der Waals surface area contributed by atoms with Crippen LogP contribution in [0.3, 0.4) is 0 Å². The second kappa shape index (κ2) is 9.98. The fourth-order valence-corrected chi connectivity index (χ4v) is 2.51. The third kappa shape index (κ3) is 5.57. The molecule has 0 bridgehead atoms. The molecule has 0 amide bonds. The van der Waals surface area contributed by atoms with E-state index in [1.54, 1.807) is 18.2 Å². The van der Waals surface area contributed by atoms with Crippen molar-refractivity contribution in [1.82, 2.24) is 0 Å². The van der Waals surface area contributed by atoms with Crippen LogP contribution in [0.5, 0.6) is 11.5 Å². The standard InChI is InChI=1S/C19H21BrO4/c1-22-19(21)17-10-9-16(13-18(17)23-12-6-5-11-20)24-14-15-7-3-2-4-8-15/h2-4,7-10,13H,5-6,11-12,14H2,1H3. The van der Waals surface area contributed by atoms with E-state index >= 15 is 0 Å². The van der Waals surface area contributed by atoms with E-state index in [4.69, 9.17) is 14.2 Å². The summed E-state index contributed by atoms with van der Waals surface area (Å²) < 4.78 is 16.3. The molecule has 128 valence electrons. The van der Waals surface area contributed by atoms with Crippen molar-refractivity contribution in [2.75, 3.05) is 19.0 Å². The molecule has 0 spiro atoms. The molecular weight excluding hydrogens is 372 g/mol. The molecular formula is C19H21BrO4. The number of halogens is 1. The maximum Gasteiger partial charge on any atom is 0.341 e. The van der Waals surface area contributed by atoms with Crippen molar-refractivity contribution in [3.8, 4) is 11.5 Å². The van der Waals surface area contributed by atoms with Crippen LogP contribution >= 0.6 is 15.9 Å². The van der Waals surface area contributed by atoms with Crippen molar-refractivity contribution in [2.24, 2.45) is 0 Å². The van der Waals surface area contributed by atoms with Crippen molar-refractivity contribution < 1.29 is 19.0 Å². The van der Waals surface area contributed by atoms with E-state index in [0.29, 0.717) is 30.3 Å². The van der Waals surface area contributed by atoms with Gasteiger partial charge in [-0.25, -0.2) is 4.79 Å². The lowest BCUT2D eigenvalue weighted by atomic mass is 10.2. The zero-order valence-corrected chi connectivity index (χ0v) is 15.3. The van der Waals surface area contributed by atoms with Crippen LogP contribution < -0.4 is 9.47 Å². The summed E-state index contributed by atoms with van der Waals surface area (Å²) >= 11 is 3.39. The molecule has 0 aromatic heterocycles. The van der Waals surface area contributed by atoms with Crippen LogP contribution in [0.2, 0.25) is 0 Å². The Balaban J connectivity index is 2.07. The molecule has 0 saturated carbocycles. The van der Waals surface area contributed by atoms with Crippen LogP contribution in [-0.2, 0) is 11.3 Å². The molecule has 0 unspecified atom stereocenters. The first kappa shape index (κ1) is 18.3. The number of unbranched alkanes of at least 4 members (excludes halogenated alkanes) is 1. The van der Waals surface area contributed by atoms with Gasteiger partial charge < -0.3 is 14.2 Å². The minimum absolute atomic E-state index is 0.406. The highest BCUT2D eigenvalue weighted by molar-refractivity contribution is 9.09. The number of rotatable bonds is 9. The number of hydrogen-bond acceptors (Lipinski definition) is 4. The van der Waals surface area contributed by atoms with Gasteiger partial charge in [-0.15, -0.1) is 0 Å². The summed E-state index contributed by atoms with van der Waals surface area (Å²) in [5, 5.41) is 0.931. The third-order valence-corrected chi connectivity index (χ3v) is 3.95. The van der Waals surface area contributed by atoms with E-state index in [2.05, 4.69) is 15.9 Å². The van der Waals surface area contributed by atoms with Gasteiger partial charge >= 0.3 is 5.97 Å². The maximum absolute atomic E-state index is 11.9. The van der Waals surface area contributed by atoms with E-state index in [0.717, 1.165) is 23.7 Å². The highest BCUT2D eigenvalue weighted by Gasteiger charge is 2.14. The smallest absolute Gasteiger partial charge is 0.341 e. The molecule has 0 N–H and O–H groups in total. The Labute approximate surface area is 150 Å². The van der Waals surface area contributed by atoms with E-state index in [9.17, 15) is 4.79 Å². The van der Waals surface area contributed by atoms with Gasteiger partial charge in [0, 0.05) is 11.4 Å². The zero-order valence-electron chi connectivity index (χ0n) is 13.7. The summed E-state index contributed by atoms with van der Waals surface area (Å²) in [6.45, 7) is 0.999.